The summed E-state index contributed by atoms with van der Waals surface area (Å²) in [5, 5.41) is 23.2. The molecule has 2 atom stereocenters. The Morgan fingerprint density at radius 2 is 0.681 bits per heavy atom. The van der Waals surface area contributed by atoms with Crippen LogP contribution in [0.4, 0.5) is 0 Å². The van der Waals surface area contributed by atoms with Crippen molar-refractivity contribution in [3.05, 3.63) is 36.5 Å². The lowest BCUT2D eigenvalue weighted by molar-refractivity contribution is -0.143. The van der Waals surface area contributed by atoms with Crippen LogP contribution in [0.1, 0.15) is 328 Å². The molecule has 0 aromatic rings. The molecule has 406 valence electrons. The first-order valence-electron chi connectivity index (χ1n) is 30.8. The van der Waals surface area contributed by atoms with Gasteiger partial charge in [-0.15, -0.1) is 0 Å². The minimum Gasteiger partial charge on any atom is -0.466 e. The molecular formula is C63H119NO5. The molecule has 2 unspecified atom stereocenters. The number of hydrogen-bond donors (Lipinski definition) is 3. The minimum absolute atomic E-state index is 0.0354. The van der Waals surface area contributed by atoms with Gasteiger partial charge in [0.2, 0.25) is 5.91 Å². The lowest BCUT2D eigenvalue weighted by Gasteiger charge is -2.20. The summed E-state index contributed by atoms with van der Waals surface area (Å²) >= 11 is 0. The normalized spacial score (nSPS) is 12.8. The van der Waals surface area contributed by atoms with E-state index in [0.717, 1.165) is 83.5 Å². The van der Waals surface area contributed by atoms with Crippen LogP contribution in [0, 0.1) is 0 Å². The number of unbranched alkanes of at least 4 members (excludes halogenated alkanes) is 42. The topological polar surface area (TPSA) is 95.9 Å². The Labute approximate surface area is 430 Å². The molecule has 1 amide bonds. The van der Waals surface area contributed by atoms with Gasteiger partial charge in [0.25, 0.3) is 0 Å². The molecule has 0 bridgehead atoms. The van der Waals surface area contributed by atoms with Gasteiger partial charge in [-0.1, -0.05) is 269 Å². The molecule has 0 fully saturated rings. The van der Waals surface area contributed by atoms with Crippen molar-refractivity contribution in [1.29, 1.82) is 0 Å². The number of carbonyl (C=O) groups is 2. The molecule has 0 rings (SSSR count). The largest absolute Gasteiger partial charge is 0.466 e. The van der Waals surface area contributed by atoms with Gasteiger partial charge in [0.1, 0.15) is 0 Å². The highest BCUT2D eigenvalue weighted by Crippen LogP contribution is 2.17. The minimum atomic E-state index is -0.865. The van der Waals surface area contributed by atoms with Crippen molar-refractivity contribution in [2.75, 3.05) is 13.2 Å². The summed E-state index contributed by atoms with van der Waals surface area (Å²) < 4.78 is 5.45. The second-order valence-electron chi connectivity index (χ2n) is 21.0. The molecule has 0 spiro atoms. The molecule has 0 aromatic heterocycles. The fraction of sp³-hybridized carbons (Fsp3) is 0.873. The van der Waals surface area contributed by atoms with Gasteiger partial charge >= 0.3 is 5.97 Å². The van der Waals surface area contributed by atoms with E-state index in [1.165, 1.54) is 218 Å². The molecule has 69 heavy (non-hydrogen) atoms. The average Bonchev–Trinajstić information content (AvgIpc) is 3.35. The van der Waals surface area contributed by atoms with Crippen molar-refractivity contribution in [2.24, 2.45) is 0 Å². The summed E-state index contributed by atoms with van der Waals surface area (Å²) in [6, 6.07) is -0.651. The second-order valence-corrected chi connectivity index (χ2v) is 21.0. The number of allylic oxidation sites excluding steroid dienone is 5. The van der Waals surface area contributed by atoms with E-state index in [4.69, 9.17) is 4.74 Å². The SMILES string of the molecule is CCCCCCCCC/C=C\CCCCCCCCCC(=O)OCCCC/C=C\CCCCCCCC(=O)NC(CO)C(O)/C=C/CCCCCCCCCCCCCCCCCCCCCCC. The summed E-state index contributed by atoms with van der Waals surface area (Å²) in [4.78, 5) is 24.6. The molecule has 6 heteroatoms. The van der Waals surface area contributed by atoms with Crippen LogP contribution in [0.25, 0.3) is 0 Å². The van der Waals surface area contributed by atoms with E-state index < -0.39 is 12.1 Å². The van der Waals surface area contributed by atoms with E-state index in [1.54, 1.807) is 6.08 Å². The van der Waals surface area contributed by atoms with Gasteiger partial charge in [-0.05, 0) is 83.5 Å². The van der Waals surface area contributed by atoms with Crippen LogP contribution in [0.2, 0.25) is 0 Å². The van der Waals surface area contributed by atoms with Gasteiger partial charge in [-0.2, -0.15) is 0 Å². The van der Waals surface area contributed by atoms with Crippen LogP contribution < -0.4 is 5.32 Å². The summed E-state index contributed by atoms with van der Waals surface area (Å²) in [6.45, 7) is 4.84. The van der Waals surface area contributed by atoms with E-state index in [2.05, 4.69) is 43.5 Å². The van der Waals surface area contributed by atoms with Crippen LogP contribution in [0.5, 0.6) is 0 Å². The molecule has 6 nitrogen and oxygen atoms in total. The number of esters is 1. The van der Waals surface area contributed by atoms with E-state index in [-0.39, 0.29) is 18.5 Å². The van der Waals surface area contributed by atoms with Gasteiger partial charge < -0.3 is 20.3 Å². The third-order valence-electron chi connectivity index (χ3n) is 14.1. The maximum Gasteiger partial charge on any atom is 0.305 e. The predicted molar refractivity (Wildman–Crippen MR) is 301 cm³/mol. The summed E-state index contributed by atoms with van der Waals surface area (Å²) in [7, 11) is 0. The van der Waals surface area contributed by atoms with Gasteiger partial charge in [0.15, 0.2) is 0 Å². The molecule has 0 heterocycles. The molecule has 3 N–H and O–H groups in total. The average molecular weight is 971 g/mol. The maximum absolute atomic E-state index is 12.5. The van der Waals surface area contributed by atoms with Crippen molar-refractivity contribution in [3.8, 4) is 0 Å². The van der Waals surface area contributed by atoms with Crippen LogP contribution >= 0.6 is 0 Å². The lowest BCUT2D eigenvalue weighted by Crippen LogP contribution is -2.45. The summed E-state index contributed by atoms with van der Waals surface area (Å²) in [5.74, 6) is -0.130. The molecule has 0 radical (unpaired) electrons. The fourth-order valence-corrected chi connectivity index (χ4v) is 9.39. The monoisotopic (exact) mass is 970 g/mol. The van der Waals surface area contributed by atoms with Gasteiger partial charge in [-0.25, -0.2) is 0 Å². The molecular weight excluding hydrogens is 851 g/mol. The fourth-order valence-electron chi connectivity index (χ4n) is 9.39. The smallest absolute Gasteiger partial charge is 0.305 e. The van der Waals surface area contributed by atoms with Gasteiger partial charge in [0, 0.05) is 12.8 Å². The standard InChI is InChI=1S/C63H119NO5/c1-3-5-7-9-11-13-15-17-19-21-23-24-25-26-27-28-30-32-35-39-43-47-51-55-61(66)60(59-65)64-62(67)56-52-48-44-40-36-34-38-42-46-50-54-58-69-63(68)57-53-49-45-41-37-33-31-29-22-20-18-16-14-12-10-8-6-4-2/h20,22,38,42,51,55,60-61,65-66H,3-19,21,23-37,39-41,43-50,52-54,56-59H2,1-2H3,(H,64,67)/b22-20-,42-38-,55-51+. The third kappa shape index (κ3) is 55.2. The molecule has 0 aromatic carbocycles. The zero-order chi connectivity index (χ0) is 50.0. The Morgan fingerprint density at radius 3 is 1.03 bits per heavy atom. The molecule has 0 saturated heterocycles. The highest BCUT2D eigenvalue weighted by atomic mass is 16.5. The molecule has 0 aliphatic heterocycles. The Bertz CT molecular complexity index is 1120. The Morgan fingerprint density at radius 1 is 0.391 bits per heavy atom. The third-order valence-corrected chi connectivity index (χ3v) is 14.1. The Kier molecular flexibility index (Phi) is 57.0. The van der Waals surface area contributed by atoms with Crippen molar-refractivity contribution < 1.29 is 24.5 Å². The number of aliphatic hydroxyl groups excluding tert-OH is 2. The van der Waals surface area contributed by atoms with Crippen molar-refractivity contribution in [2.45, 2.75) is 341 Å². The van der Waals surface area contributed by atoms with Crippen molar-refractivity contribution in [3.63, 3.8) is 0 Å². The molecule has 0 aliphatic carbocycles. The number of rotatable bonds is 57. The van der Waals surface area contributed by atoms with E-state index in [0.29, 0.717) is 19.4 Å². The van der Waals surface area contributed by atoms with E-state index >= 15 is 0 Å². The first-order chi connectivity index (χ1) is 34.0. The summed E-state index contributed by atoms with van der Waals surface area (Å²) in [6.07, 6.45) is 73.2. The van der Waals surface area contributed by atoms with E-state index in [9.17, 15) is 19.8 Å². The number of aliphatic hydroxyl groups is 2. The van der Waals surface area contributed by atoms with Crippen LogP contribution in [-0.2, 0) is 14.3 Å². The number of ether oxygens (including phenoxy) is 1. The number of amides is 1. The number of carbonyl (C=O) groups excluding carboxylic acids is 2. The maximum atomic E-state index is 12.5. The van der Waals surface area contributed by atoms with Crippen molar-refractivity contribution >= 4 is 11.9 Å². The molecule has 0 saturated carbocycles. The van der Waals surface area contributed by atoms with Crippen LogP contribution in [-0.4, -0.2) is 47.4 Å². The number of nitrogens with one attached hydrogen (secondary N) is 1. The Hall–Kier alpha value is -1.92. The highest BCUT2D eigenvalue weighted by Gasteiger charge is 2.18. The Balaban J connectivity index is 3.52. The van der Waals surface area contributed by atoms with Crippen LogP contribution in [0.15, 0.2) is 36.5 Å². The number of hydrogen-bond acceptors (Lipinski definition) is 5. The van der Waals surface area contributed by atoms with Crippen molar-refractivity contribution in [1.82, 2.24) is 5.32 Å². The van der Waals surface area contributed by atoms with Crippen LogP contribution in [0.3, 0.4) is 0 Å². The van der Waals surface area contributed by atoms with Gasteiger partial charge in [0.05, 0.1) is 25.4 Å². The molecule has 0 aliphatic rings. The van der Waals surface area contributed by atoms with E-state index in [1.807, 2.05) is 6.08 Å². The first kappa shape index (κ1) is 67.1. The lowest BCUT2D eigenvalue weighted by atomic mass is 10.0. The summed E-state index contributed by atoms with van der Waals surface area (Å²) in [5.41, 5.74) is 0. The quantitative estimate of drug-likeness (QED) is 0.0321. The second kappa shape index (κ2) is 58.6. The predicted octanol–water partition coefficient (Wildman–Crippen LogP) is 19.2. The highest BCUT2D eigenvalue weighted by molar-refractivity contribution is 5.76. The van der Waals surface area contributed by atoms with Gasteiger partial charge in [-0.3, -0.25) is 9.59 Å². The zero-order valence-corrected chi connectivity index (χ0v) is 46.3. The first-order valence-corrected chi connectivity index (χ1v) is 30.8. The zero-order valence-electron chi connectivity index (χ0n) is 46.3.